The topological polar surface area (TPSA) is 27.7 Å². The fourth-order valence-electron chi connectivity index (χ4n) is 5.53. The van der Waals surface area contributed by atoms with E-state index in [4.69, 9.17) is 11.4 Å². The van der Waals surface area contributed by atoms with Crippen LogP contribution in [0.2, 0.25) is 0 Å². The number of hydrogen-bond donors (Lipinski definition) is 0. The summed E-state index contributed by atoms with van der Waals surface area (Å²) in [4.78, 5) is 0. The van der Waals surface area contributed by atoms with Gasteiger partial charge in [-0.15, -0.1) is 0 Å². The Kier molecular flexibility index (Phi) is 6.95. The van der Waals surface area contributed by atoms with Crippen molar-refractivity contribution in [2.24, 2.45) is 35.5 Å². The third-order valence-electron chi connectivity index (χ3n) is 7.39. The first-order valence-corrected chi connectivity index (χ1v) is 12.5. The van der Waals surface area contributed by atoms with Crippen molar-refractivity contribution in [2.75, 3.05) is 0 Å². The fraction of sp³-hybridized carbons (Fsp3) is 1.00. The monoisotopic (exact) mass is 366 g/mol. The Labute approximate surface area is 160 Å². The van der Waals surface area contributed by atoms with Gasteiger partial charge in [0.2, 0.25) is 0 Å². The second-order valence-corrected chi connectivity index (χ2v) is 9.92. The molecule has 0 aromatic rings. The van der Waals surface area contributed by atoms with Gasteiger partial charge in [-0.05, 0) is 35.5 Å². The van der Waals surface area contributed by atoms with Gasteiger partial charge in [0, 0.05) is 18.3 Å². The third kappa shape index (κ3) is 4.14. The van der Waals surface area contributed by atoms with Crippen LogP contribution in [0.3, 0.4) is 0 Å². The molecule has 3 aliphatic rings. The van der Waals surface area contributed by atoms with Gasteiger partial charge in [-0.3, -0.25) is 0 Å². The van der Waals surface area contributed by atoms with E-state index >= 15 is 0 Å². The van der Waals surface area contributed by atoms with Gasteiger partial charge in [0.05, 0.1) is 0 Å². The molecule has 4 heteroatoms. The second-order valence-electron chi connectivity index (χ2n) is 8.52. The van der Waals surface area contributed by atoms with E-state index in [2.05, 4.69) is 41.5 Å². The highest BCUT2D eigenvalue weighted by Gasteiger charge is 2.60. The number of rotatable bonds is 12. The van der Waals surface area contributed by atoms with E-state index in [1.54, 1.807) is 0 Å². The molecule has 0 spiro atoms. The summed E-state index contributed by atoms with van der Waals surface area (Å²) in [5.74, 6) is 4.41. The molecule has 25 heavy (non-hydrogen) atoms. The van der Waals surface area contributed by atoms with E-state index in [9.17, 15) is 0 Å². The zero-order valence-corrected chi connectivity index (χ0v) is 18.4. The largest absolute Gasteiger partial charge is 0.906 e. The summed E-state index contributed by atoms with van der Waals surface area (Å²) in [6, 6.07) is 0. The van der Waals surface area contributed by atoms with Crippen molar-refractivity contribution in [1.29, 1.82) is 0 Å². The molecule has 144 valence electrons. The van der Waals surface area contributed by atoms with Crippen LogP contribution in [0.15, 0.2) is 0 Å². The molecule has 3 saturated carbocycles. The SMILES string of the molecule is CCC1C(CC)C1[O][Al]([O]C1C(CC)C1CC)[O]C1C(CC)C1CC. The van der Waals surface area contributed by atoms with Gasteiger partial charge in [0.1, 0.15) is 0 Å². The van der Waals surface area contributed by atoms with Crippen molar-refractivity contribution < 1.29 is 11.4 Å². The Morgan fingerprint density at radius 2 is 0.640 bits per heavy atom. The van der Waals surface area contributed by atoms with E-state index in [1.807, 2.05) is 0 Å². The summed E-state index contributed by atoms with van der Waals surface area (Å²) in [5.41, 5.74) is 0. The zero-order chi connectivity index (χ0) is 18.1. The van der Waals surface area contributed by atoms with Crippen molar-refractivity contribution in [3.05, 3.63) is 0 Å². The molecular formula is C21H39AlO3. The number of hydrogen-bond acceptors (Lipinski definition) is 3. The van der Waals surface area contributed by atoms with Gasteiger partial charge in [-0.25, -0.2) is 0 Å². The van der Waals surface area contributed by atoms with Gasteiger partial charge < -0.3 is 11.4 Å². The smallest absolute Gasteiger partial charge is 0.451 e. The molecule has 0 aromatic carbocycles. The maximum absolute atomic E-state index is 6.54. The van der Waals surface area contributed by atoms with Gasteiger partial charge in [-0.2, -0.15) is 0 Å². The first-order valence-electron chi connectivity index (χ1n) is 11.1. The molecule has 0 bridgehead atoms. The van der Waals surface area contributed by atoms with Crippen LogP contribution >= 0.6 is 0 Å². The molecule has 0 aliphatic heterocycles. The second kappa shape index (κ2) is 8.61. The summed E-state index contributed by atoms with van der Waals surface area (Å²) in [6.07, 6.45) is 8.56. The highest BCUT2D eigenvalue weighted by molar-refractivity contribution is 6.36. The lowest BCUT2D eigenvalue weighted by molar-refractivity contribution is 0.0560. The molecular weight excluding hydrogens is 327 g/mol. The van der Waals surface area contributed by atoms with Crippen LogP contribution in [0.4, 0.5) is 0 Å². The van der Waals surface area contributed by atoms with E-state index in [-0.39, 0.29) is 0 Å². The van der Waals surface area contributed by atoms with E-state index in [0.717, 1.165) is 35.5 Å². The van der Waals surface area contributed by atoms with Crippen molar-refractivity contribution >= 4 is 15.1 Å². The van der Waals surface area contributed by atoms with Gasteiger partial charge in [0.15, 0.2) is 0 Å². The Morgan fingerprint density at radius 3 is 0.800 bits per heavy atom. The summed E-state index contributed by atoms with van der Waals surface area (Å²) >= 11 is -2.03. The maximum Gasteiger partial charge on any atom is 0.906 e. The van der Waals surface area contributed by atoms with Crippen LogP contribution in [-0.4, -0.2) is 33.5 Å². The van der Waals surface area contributed by atoms with Crippen LogP contribution in [0, 0.1) is 35.5 Å². The van der Waals surface area contributed by atoms with Crippen LogP contribution in [0.1, 0.15) is 80.1 Å². The van der Waals surface area contributed by atoms with Crippen molar-refractivity contribution in [2.45, 2.75) is 98.4 Å². The molecule has 0 aromatic heterocycles. The molecule has 0 N–H and O–H groups in total. The Balaban J connectivity index is 1.59. The van der Waals surface area contributed by atoms with Crippen molar-refractivity contribution in [3.63, 3.8) is 0 Å². The van der Waals surface area contributed by atoms with E-state index in [0.29, 0.717) is 18.3 Å². The van der Waals surface area contributed by atoms with Crippen molar-refractivity contribution in [3.8, 4) is 0 Å². The van der Waals surface area contributed by atoms with Crippen LogP contribution in [0.5, 0.6) is 0 Å². The fourth-order valence-corrected chi connectivity index (χ4v) is 7.70. The lowest BCUT2D eigenvalue weighted by Gasteiger charge is -2.15. The molecule has 0 amide bonds. The Morgan fingerprint density at radius 1 is 0.440 bits per heavy atom. The average molecular weight is 367 g/mol. The Bertz CT molecular complexity index is 340. The zero-order valence-electron chi connectivity index (χ0n) is 17.2. The molecule has 3 aliphatic carbocycles. The lowest BCUT2D eigenvalue weighted by atomic mass is 10.2. The highest BCUT2D eigenvalue weighted by atomic mass is 27.3. The molecule has 3 rings (SSSR count). The summed E-state index contributed by atoms with van der Waals surface area (Å²) in [6.45, 7) is 13.7. The highest BCUT2D eigenvalue weighted by Crippen LogP contribution is 2.51. The molecule has 0 saturated heterocycles. The van der Waals surface area contributed by atoms with Crippen LogP contribution in [0.25, 0.3) is 0 Å². The van der Waals surface area contributed by atoms with Crippen LogP contribution < -0.4 is 0 Å². The quantitative estimate of drug-likeness (QED) is 0.437. The molecule has 6 unspecified atom stereocenters. The predicted octanol–water partition coefficient (Wildman–Crippen LogP) is 5.32. The van der Waals surface area contributed by atoms with E-state index in [1.165, 1.54) is 38.5 Å². The summed E-state index contributed by atoms with van der Waals surface area (Å²) < 4.78 is 19.6. The first kappa shape index (κ1) is 20.2. The minimum absolute atomic E-state index is 0.407. The van der Waals surface area contributed by atoms with E-state index < -0.39 is 15.1 Å². The van der Waals surface area contributed by atoms with Crippen molar-refractivity contribution in [1.82, 2.24) is 0 Å². The minimum Gasteiger partial charge on any atom is -0.451 e. The molecule has 6 atom stereocenters. The van der Waals surface area contributed by atoms with Crippen LogP contribution in [-0.2, 0) is 11.4 Å². The maximum atomic E-state index is 6.54. The predicted molar refractivity (Wildman–Crippen MR) is 103 cm³/mol. The standard InChI is InChI=1S/3C7H13O.Al/c3*1-3-5-6(4-2)7(5)8;/h3*5-7H,3-4H2,1-2H3;/q3*-1;+3. The molecule has 0 radical (unpaired) electrons. The molecule has 0 heterocycles. The lowest BCUT2D eigenvalue weighted by Crippen LogP contribution is -2.32. The summed E-state index contributed by atoms with van der Waals surface area (Å²) in [5, 5.41) is 0. The minimum atomic E-state index is -2.03. The normalized spacial score (nSPS) is 44.6. The van der Waals surface area contributed by atoms with Gasteiger partial charge >= 0.3 is 15.1 Å². The average Bonchev–Trinajstić information content (AvgIpc) is 3.54. The first-order chi connectivity index (χ1) is 12.1. The third-order valence-corrected chi connectivity index (χ3v) is 9.00. The molecule has 3 nitrogen and oxygen atoms in total. The summed E-state index contributed by atoms with van der Waals surface area (Å²) in [7, 11) is 0. The van der Waals surface area contributed by atoms with Gasteiger partial charge in [0.25, 0.3) is 0 Å². The van der Waals surface area contributed by atoms with Gasteiger partial charge in [-0.1, -0.05) is 80.1 Å². The molecule has 3 fully saturated rings. The Hall–Kier alpha value is 0.412.